The Morgan fingerprint density at radius 2 is 1.69 bits per heavy atom. The number of carbonyl (C=O) groups excluding carboxylic acids is 1. The largest absolute Gasteiger partial charge is 0.364 e. The monoisotopic (exact) mass is 445 g/mol. The van der Waals surface area contributed by atoms with Gasteiger partial charge in [-0.2, -0.15) is 5.10 Å². The summed E-state index contributed by atoms with van der Waals surface area (Å²) in [7, 11) is 0. The Morgan fingerprint density at radius 1 is 1.00 bits per heavy atom. The molecule has 0 fully saturated rings. The lowest BCUT2D eigenvalue weighted by Gasteiger charge is -2.13. The quantitative estimate of drug-likeness (QED) is 0.487. The van der Waals surface area contributed by atoms with Crippen molar-refractivity contribution in [2.45, 2.75) is 25.7 Å². The number of aromatic nitrogens is 2. The van der Waals surface area contributed by atoms with E-state index in [4.69, 9.17) is 40.5 Å². The summed E-state index contributed by atoms with van der Waals surface area (Å²) in [6.45, 7) is 0. The van der Waals surface area contributed by atoms with Crippen molar-refractivity contribution in [3.8, 4) is 5.69 Å². The first-order valence-corrected chi connectivity index (χ1v) is 10.4. The minimum absolute atomic E-state index is 0.278. The zero-order chi connectivity index (χ0) is 20.5. The third kappa shape index (κ3) is 4.06. The van der Waals surface area contributed by atoms with Gasteiger partial charge in [-0.3, -0.25) is 4.79 Å². The van der Waals surface area contributed by atoms with Crippen molar-refractivity contribution in [3.63, 3.8) is 0 Å². The second-order valence-corrected chi connectivity index (χ2v) is 8.26. The highest BCUT2D eigenvalue weighted by Gasteiger charge is 2.27. The number of allylic oxidation sites excluding steroid dienone is 1. The summed E-state index contributed by atoms with van der Waals surface area (Å²) in [5.74, 6) is -0.550. The number of halogens is 3. The topological polar surface area (TPSA) is 60.9 Å². The molecule has 0 unspecified atom stereocenters. The Kier molecular flexibility index (Phi) is 5.68. The molecule has 3 aromatic rings. The lowest BCUT2D eigenvalue weighted by atomic mass is 10.0. The van der Waals surface area contributed by atoms with Crippen molar-refractivity contribution in [2.24, 2.45) is 5.73 Å². The maximum Gasteiger partial charge on any atom is 0.269 e. The normalized spacial score (nSPS) is 15.2. The molecular weight excluding hydrogens is 429 g/mol. The summed E-state index contributed by atoms with van der Waals surface area (Å²) >= 11 is 18.7. The van der Waals surface area contributed by atoms with Gasteiger partial charge in [0.25, 0.3) is 5.91 Å². The molecule has 29 heavy (non-hydrogen) atoms. The van der Waals surface area contributed by atoms with Crippen LogP contribution in [-0.4, -0.2) is 15.7 Å². The van der Waals surface area contributed by atoms with Gasteiger partial charge in [-0.1, -0.05) is 46.9 Å². The maximum atomic E-state index is 12.1. The Morgan fingerprint density at radius 3 is 2.41 bits per heavy atom. The molecule has 1 aliphatic rings. The smallest absolute Gasteiger partial charge is 0.269 e. The SMILES string of the molecule is NC(=O)c1nn(-c2cc(Cl)ccc2Cl)c2c1CCCC/C2=C\c1ccc(Cl)cc1. The molecule has 0 radical (unpaired) electrons. The highest BCUT2D eigenvalue weighted by Crippen LogP contribution is 2.36. The van der Waals surface area contributed by atoms with Crippen LogP contribution >= 0.6 is 34.8 Å². The van der Waals surface area contributed by atoms with E-state index in [1.165, 1.54) is 0 Å². The van der Waals surface area contributed by atoms with E-state index in [9.17, 15) is 4.79 Å². The van der Waals surface area contributed by atoms with Crippen LogP contribution in [0.15, 0.2) is 42.5 Å². The fraction of sp³-hybridized carbons (Fsp3) is 0.182. The predicted molar refractivity (Wildman–Crippen MR) is 119 cm³/mol. The van der Waals surface area contributed by atoms with Crippen LogP contribution in [0.1, 0.15) is 46.6 Å². The van der Waals surface area contributed by atoms with Gasteiger partial charge < -0.3 is 5.73 Å². The Bertz CT molecular complexity index is 1120. The van der Waals surface area contributed by atoms with Crippen LogP contribution < -0.4 is 5.73 Å². The van der Waals surface area contributed by atoms with Crippen molar-refractivity contribution in [3.05, 3.63) is 80.0 Å². The molecule has 0 bridgehead atoms. The predicted octanol–water partition coefficient (Wildman–Crippen LogP) is 6.20. The number of rotatable bonds is 3. The Labute approximate surface area is 183 Å². The zero-order valence-corrected chi connectivity index (χ0v) is 17.7. The van der Waals surface area contributed by atoms with E-state index in [2.05, 4.69) is 11.2 Å². The number of hydrogen-bond acceptors (Lipinski definition) is 2. The average Bonchev–Trinajstić information content (AvgIpc) is 2.95. The number of nitrogens with two attached hydrogens (primary N) is 1. The molecule has 0 saturated carbocycles. The van der Waals surface area contributed by atoms with Gasteiger partial charge in [0.05, 0.1) is 16.4 Å². The van der Waals surface area contributed by atoms with Gasteiger partial charge in [-0.25, -0.2) is 4.68 Å². The number of benzene rings is 2. The third-order valence-electron chi connectivity index (χ3n) is 4.99. The second kappa shape index (κ2) is 8.23. The molecule has 2 aromatic carbocycles. The molecule has 0 aliphatic heterocycles. The fourth-order valence-corrected chi connectivity index (χ4v) is 4.16. The lowest BCUT2D eigenvalue weighted by molar-refractivity contribution is 0.0994. The van der Waals surface area contributed by atoms with Crippen LogP contribution in [0.5, 0.6) is 0 Å². The van der Waals surface area contributed by atoms with Gasteiger partial charge >= 0.3 is 0 Å². The Balaban J connectivity index is 1.98. The third-order valence-corrected chi connectivity index (χ3v) is 5.80. The van der Waals surface area contributed by atoms with Crippen molar-refractivity contribution < 1.29 is 4.79 Å². The second-order valence-electron chi connectivity index (χ2n) is 6.98. The standard InChI is InChI=1S/C22H18Cl3N3O/c23-15-7-5-13(6-8-15)11-14-3-1-2-4-17-20(22(26)29)27-28(21(14)17)19-12-16(24)9-10-18(19)25/h5-12H,1-4H2,(H2,26,29)/b14-11+. The summed E-state index contributed by atoms with van der Waals surface area (Å²) in [6, 6.07) is 12.8. The van der Waals surface area contributed by atoms with Crippen LogP contribution in [0.2, 0.25) is 15.1 Å². The summed E-state index contributed by atoms with van der Waals surface area (Å²) in [6.07, 6.45) is 5.61. The van der Waals surface area contributed by atoms with E-state index in [-0.39, 0.29) is 5.69 Å². The number of amides is 1. The number of hydrogen-bond donors (Lipinski definition) is 1. The molecule has 4 rings (SSSR count). The Hall–Kier alpha value is -2.27. The average molecular weight is 447 g/mol. The summed E-state index contributed by atoms with van der Waals surface area (Å²) in [5.41, 5.74) is 10.3. The van der Waals surface area contributed by atoms with E-state index in [1.54, 1.807) is 22.9 Å². The molecule has 1 amide bonds. The van der Waals surface area contributed by atoms with E-state index >= 15 is 0 Å². The van der Waals surface area contributed by atoms with Gasteiger partial charge in [0, 0.05) is 15.6 Å². The van der Waals surface area contributed by atoms with E-state index in [1.807, 2.05) is 24.3 Å². The first-order chi connectivity index (χ1) is 13.9. The van der Waals surface area contributed by atoms with Crippen molar-refractivity contribution in [1.82, 2.24) is 9.78 Å². The van der Waals surface area contributed by atoms with Gasteiger partial charge in [0.2, 0.25) is 0 Å². The van der Waals surface area contributed by atoms with Gasteiger partial charge in [0.1, 0.15) is 0 Å². The zero-order valence-electron chi connectivity index (χ0n) is 15.5. The molecule has 0 saturated heterocycles. The molecule has 4 nitrogen and oxygen atoms in total. The fourth-order valence-electron chi connectivity index (χ4n) is 3.67. The van der Waals surface area contributed by atoms with Crippen LogP contribution in [-0.2, 0) is 6.42 Å². The van der Waals surface area contributed by atoms with Crippen molar-refractivity contribution in [1.29, 1.82) is 0 Å². The van der Waals surface area contributed by atoms with Gasteiger partial charge in [0.15, 0.2) is 5.69 Å². The highest BCUT2D eigenvalue weighted by molar-refractivity contribution is 6.34. The minimum Gasteiger partial charge on any atom is -0.364 e. The van der Waals surface area contributed by atoms with Crippen LogP contribution in [0.25, 0.3) is 17.3 Å². The molecule has 1 aliphatic carbocycles. The van der Waals surface area contributed by atoms with Gasteiger partial charge in [-0.05, 0) is 73.2 Å². The lowest BCUT2D eigenvalue weighted by Crippen LogP contribution is -2.14. The number of fused-ring (bicyclic) bond motifs is 1. The molecule has 0 spiro atoms. The van der Waals surface area contributed by atoms with Crippen LogP contribution in [0, 0.1) is 0 Å². The van der Waals surface area contributed by atoms with Crippen LogP contribution in [0.3, 0.4) is 0 Å². The maximum absolute atomic E-state index is 12.1. The van der Waals surface area contributed by atoms with Crippen LogP contribution in [0.4, 0.5) is 0 Å². The molecule has 2 N–H and O–H groups in total. The highest BCUT2D eigenvalue weighted by atomic mass is 35.5. The van der Waals surface area contributed by atoms with Crippen molar-refractivity contribution >= 4 is 52.4 Å². The number of carbonyl (C=O) groups is 1. The molecular formula is C22H18Cl3N3O. The number of primary amides is 1. The molecule has 0 atom stereocenters. The first-order valence-electron chi connectivity index (χ1n) is 9.27. The molecule has 7 heteroatoms. The summed E-state index contributed by atoms with van der Waals surface area (Å²) in [5, 5.41) is 6.25. The van der Waals surface area contributed by atoms with Gasteiger partial charge in [-0.15, -0.1) is 0 Å². The van der Waals surface area contributed by atoms with E-state index in [0.29, 0.717) is 20.8 Å². The molecule has 148 valence electrons. The number of nitrogens with zero attached hydrogens (tertiary/aromatic N) is 2. The molecule has 1 heterocycles. The van der Waals surface area contributed by atoms with E-state index < -0.39 is 5.91 Å². The van der Waals surface area contributed by atoms with Crippen molar-refractivity contribution in [2.75, 3.05) is 0 Å². The van der Waals surface area contributed by atoms with E-state index in [0.717, 1.165) is 48.1 Å². The molecule has 1 aromatic heterocycles. The summed E-state index contributed by atoms with van der Waals surface area (Å²) in [4.78, 5) is 12.1. The minimum atomic E-state index is -0.550. The first kappa shape index (κ1) is 20.0. The summed E-state index contributed by atoms with van der Waals surface area (Å²) < 4.78 is 1.71.